The molecule has 6 heteroatoms. The molecule has 5 aromatic rings. The quantitative estimate of drug-likeness (QED) is 0.212. The second-order valence-electron chi connectivity index (χ2n) is 8.47. The Bertz CT molecular complexity index is 1560. The Hall–Kier alpha value is -4.68. The number of benzene rings is 4. The lowest BCUT2D eigenvalue weighted by Crippen LogP contribution is -2.41. The molecule has 1 aromatic heterocycles. The average molecular weight is 491 g/mol. The van der Waals surface area contributed by atoms with E-state index in [1.54, 1.807) is 24.3 Å². The van der Waals surface area contributed by atoms with Crippen LogP contribution in [-0.4, -0.2) is 15.9 Å². The van der Waals surface area contributed by atoms with Gasteiger partial charge in [0.25, 0.3) is 5.56 Å². The molecule has 0 unspecified atom stereocenters. The van der Waals surface area contributed by atoms with Crippen LogP contribution in [0.4, 0.5) is 0 Å². The number of para-hydroxylation sites is 2. The van der Waals surface area contributed by atoms with Gasteiger partial charge in [0.2, 0.25) is 5.88 Å². The van der Waals surface area contributed by atoms with Crippen molar-refractivity contribution < 1.29 is 9.47 Å². The lowest BCUT2D eigenvalue weighted by atomic mass is 10.1. The number of aromatic nitrogens is 2. The molecular formula is C31H26N2O4. The van der Waals surface area contributed by atoms with Crippen LogP contribution in [0.15, 0.2) is 131 Å². The third kappa shape index (κ3) is 5.44. The molecule has 6 nitrogen and oxygen atoms in total. The van der Waals surface area contributed by atoms with E-state index in [1.165, 1.54) is 9.13 Å². The van der Waals surface area contributed by atoms with Crippen molar-refractivity contribution in [3.63, 3.8) is 0 Å². The first kappa shape index (κ1) is 24.0. The van der Waals surface area contributed by atoms with Crippen molar-refractivity contribution >= 4 is 0 Å². The maximum atomic E-state index is 13.9. The van der Waals surface area contributed by atoms with E-state index >= 15 is 0 Å². The molecule has 0 aliphatic carbocycles. The third-order valence-electron chi connectivity index (χ3n) is 5.95. The second kappa shape index (κ2) is 11.4. The molecule has 0 amide bonds. The Kier molecular flexibility index (Phi) is 7.39. The van der Waals surface area contributed by atoms with Crippen LogP contribution in [0.25, 0.3) is 11.4 Å². The average Bonchev–Trinajstić information content (AvgIpc) is 2.95. The van der Waals surface area contributed by atoms with Crippen molar-refractivity contribution in [3.05, 3.63) is 159 Å². The minimum Gasteiger partial charge on any atom is -0.451 e. The molecular weight excluding hydrogens is 464 g/mol. The predicted octanol–water partition coefficient (Wildman–Crippen LogP) is 5.13. The summed E-state index contributed by atoms with van der Waals surface area (Å²) >= 11 is 0. The van der Waals surface area contributed by atoms with E-state index < -0.39 is 11.2 Å². The van der Waals surface area contributed by atoms with Gasteiger partial charge in [-0.15, -0.1) is 0 Å². The summed E-state index contributed by atoms with van der Waals surface area (Å²) in [5.41, 5.74) is 2.42. The Morgan fingerprint density at radius 2 is 1.05 bits per heavy atom. The highest BCUT2D eigenvalue weighted by molar-refractivity contribution is 5.43. The first-order chi connectivity index (χ1) is 18.2. The Morgan fingerprint density at radius 3 is 1.62 bits per heavy atom. The highest BCUT2D eigenvalue weighted by Gasteiger charge is 2.23. The van der Waals surface area contributed by atoms with Gasteiger partial charge in [-0.05, 0) is 35.4 Å². The second-order valence-corrected chi connectivity index (χ2v) is 8.47. The monoisotopic (exact) mass is 490 g/mol. The number of rotatable bonds is 9. The number of hydrogen-bond donors (Lipinski definition) is 0. The van der Waals surface area contributed by atoms with Gasteiger partial charge in [-0.25, -0.2) is 13.9 Å². The topological polar surface area (TPSA) is 62.5 Å². The summed E-state index contributed by atoms with van der Waals surface area (Å²) in [6.45, 7) is 0.212. The van der Waals surface area contributed by atoms with Crippen molar-refractivity contribution in [3.8, 4) is 17.3 Å². The first-order valence-electron chi connectivity index (χ1n) is 12.0. The van der Waals surface area contributed by atoms with Crippen molar-refractivity contribution in [1.29, 1.82) is 0 Å². The van der Waals surface area contributed by atoms with Crippen LogP contribution in [0.2, 0.25) is 0 Å². The summed E-state index contributed by atoms with van der Waals surface area (Å²) in [6, 6.07) is 37.5. The zero-order chi connectivity index (χ0) is 25.5. The first-order valence-corrected chi connectivity index (χ1v) is 12.0. The van der Waals surface area contributed by atoms with Crippen molar-refractivity contribution in [2.45, 2.75) is 13.0 Å². The molecule has 5 rings (SSSR count). The molecule has 0 N–H and O–H groups in total. The molecule has 0 fully saturated rings. The van der Waals surface area contributed by atoms with Crippen LogP contribution in [0.1, 0.15) is 16.7 Å². The van der Waals surface area contributed by atoms with Crippen LogP contribution in [-0.2, 0) is 17.8 Å². The van der Waals surface area contributed by atoms with E-state index in [-0.39, 0.29) is 19.1 Å². The Morgan fingerprint density at radius 1 is 0.568 bits per heavy atom. The van der Waals surface area contributed by atoms with Crippen LogP contribution in [0.3, 0.4) is 0 Å². The van der Waals surface area contributed by atoms with E-state index in [0.717, 1.165) is 11.1 Å². The zero-order valence-corrected chi connectivity index (χ0v) is 20.2. The molecule has 0 saturated heterocycles. The molecule has 4 aromatic carbocycles. The molecule has 0 radical (unpaired) electrons. The smallest absolute Gasteiger partial charge is 0.343 e. The van der Waals surface area contributed by atoms with Crippen LogP contribution >= 0.6 is 0 Å². The molecule has 1 heterocycles. The molecule has 184 valence electrons. The van der Waals surface area contributed by atoms with Gasteiger partial charge in [-0.1, -0.05) is 97.1 Å². The van der Waals surface area contributed by atoms with Crippen molar-refractivity contribution in [2.24, 2.45) is 0 Å². The minimum atomic E-state index is -0.516. The van der Waals surface area contributed by atoms with E-state index in [2.05, 4.69) is 0 Å². The van der Waals surface area contributed by atoms with Gasteiger partial charge in [-0.2, -0.15) is 0 Å². The van der Waals surface area contributed by atoms with Crippen molar-refractivity contribution in [2.75, 3.05) is 6.79 Å². The van der Waals surface area contributed by atoms with E-state index in [9.17, 15) is 9.59 Å². The number of ether oxygens (including phenoxy) is 2. The third-order valence-corrected chi connectivity index (χ3v) is 5.95. The van der Waals surface area contributed by atoms with Gasteiger partial charge in [-0.3, -0.25) is 4.79 Å². The van der Waals surface area contributed by atoms with Gasteiger partial charge >= 0.3 is 5.69 Å². The van der Waals surface area contributed by atoms with E-state index in [4.69, 9.17) is 9.47 Å². The normalized spacial score (nSPS) is 10.8. The molecule has 37 heavy (non-hydrogen) atoms. The largest absolute Gasteiger partial charge is 0.451 e. The molecule has 0 aliphatic rings. The van der Waals surface area contributed by atoms with Crippen molar-refractivity contribution in [1.82, 2.24) is 9.13 Å². The molecule has 0 saturated carbocycles. The van der Waals surface area contributed by atoms with Gasteiger partial charge in [0.05, 0.1) is 23.5 Å². The van der Waals surface area contributed by atoms with Gasteiger partial charge in [0.1, 0.15) is 0 Å². The van der Waals surface area contributed by atoms with E-state index in [1.807, 2.05) is 97.1 Å². The lowest BCUT2D eigenvalue weighted by molar-refractivity contribution is 0.000365. The summed E-state index contributed by atoms with van der Waals surface area (Å²) in [4.78, 5) is 27.8. The van der Waals surface area contributed by atoms with Crippen LogP contribution in [0.5, 0.6) is 5.88 Å². The lowest BCUT2D eigenvalue weighted by Gasteiger charge is -2.20. The fraction of sp³-hybridized carbons (Fsp3) is 0.0968. The summed E-state index contributed by atoms with van der Waals surface area (Å²) in [5, 5.41) is 0. The fourth-order valence-corrected chi connectivity index (χ4v) is 4.18. The predicted molar refractivity (Wildman–Crippen MR) is 144 cm³/mol. The molecule has 0 aliphatic heterocycles. The van der Waals surface area contributed by atoms with Gasteiger partial charge < -0.3 is 9.47 Å². The van der Waals surface area contributed by atoms with Gasteiger partial charge in [0, 0.05) is 6.42 Å². The summed E-state index contributed by atoms with van der Waals surface area (Å²) < 4.78 is 14.5. The molecule has 0 spiro atoms. The molecule has 0 atom stereocenters. The number of nitrogens with zero attached hydrogens (tertiary/aromatic N) is 2. The maximum Gasteiger partial charge on any atom is 0.343 e. The van der Waals surface area contributed by atoms with Gasteiger partial charge in [0.15, 0.2) is 6.79 Å². The Balaban J connectivity index is 1.64. The maximum absolute atomic E-state index is 13.9. The SMILES string of the molecule is O=c1c(Cc2ccccc2)c(OCOCc2ccccc2)n(-c2ccccc2)c(=O)n1-c1ccccc1. The summed E-state index contributed by atoms with van der Waals surface area (Å²) in [5.74, 6) is 0.172. The minimum absolute atomic E-state index is 0.127. The number of hydrogen-bond acceptors (Lipinski definition) is 4. The van der Waals surface area contributed by atoms with E-state index in [0.29, 0.717) is 23.5 Å². The highest BCUT2D eigenvalue weighted by Crippen LogP contribution is 2.22. The fourth-order valence-electron chi connectivity index (χ4n) is 4.18. The van der Waals surface area contributed by atoms with Crippen LogP contribution in [0, 0.1) is 0 Å². The Labute approximate surface area is 214 Å². The zero-order valence-electron chi connectivity index (χ0n) is 20.2. The highest BCUT2D eigenvalue weighted by atomic mass is 16.7. The van der Waals surface area contributed by atoms with Crippen LogP contribution < -0.4 is 16.0 Å². The molecule has 0 bridgehead atoms. The summed E-state index contributed by atoms with van der Waals surface area (Å²) in [7, 11) is 0. The standard InChI is InChI=1S/C31H26N2O4/c34-29-28(21-24-13-5-1-6-14-24)30(37-23-36-22-25-15-7-2-8-16-25)33(27-19-11-4-12-20-27)31(35)32(29)26-17-9-3-10-18-26/h1-20H,21-23H2. The summed E-state index contributed by atoms with van der Waals surface area (Å²) in [6.07, 6.45) is 0.285.